The highest BCUT2D eigenvalue weighted by atomic mass is 19.4. The normalized spacial score (nSPS) is 14.2. The number of benzene rings is 3. The van der Waals surface area contributed by atoms with Gasteiger partial charge in [-0.1, -0.05) is 18.1 Å². The zero-order chi connectivity index (χ0) is 31.4. The Morgan fingerprint density at radius 3 is 2.39 bits per heavy atom. The highest BCUT2D eigenvalue weighted by molar-refractivity contribution is 6.04. The van der Waals surface area contributed by atoms with E-state index in [0.717, 1.165) is 24.7 Å². The summed E-state index contributed by atoms with van der Waals surface area (Å²) < 4.78 is 52.8. The van der Waals surface area contributed by atoms with Crippen molar-refractivity contribution in [2.24, 2.45) is 0 Å². The molecule has 0 spiro atoms. The summed E-state index contributed by atoms with van der Waals surface area (Å²) in [6.45, 7) is 5.05. The number of alkyl halides is 3. The summed E-state index contributed by atoms with van der Waals surface area (Å²) >= 11 is 0. The maximum atomic E-state index is 14.0. The van der Waals surface area contributed by atoms with E-state index in [9.17, 15) is 18.0 Å². The van der Waals surface area contributed by atoms with Crippen molar-refractivity contribution in [3.63, 3.8) is 0 Å². The molecule has 1 aliphatic heterocycles. The van der Waals surface area contributed by atoms with Crippen molar-refractivity contribution in [1.82, 2.24) is 19.8 Å². The Morgan fingerprint density at radius 2 is 1.68 bits per heavy atom. The quantitative estimate of drug-likeness (QED) is 0.297. The van der Waals surface area contributed by atoms with E-state index in [1.165, 1.54) is 32.7 Å². The molecule has 5 rings (SSSR count). The van der Waals surface area contributed by atoms with Gasteiger partial charge >= 0.3 is 6.18 Å². The van der Waals surface area contributed by atoms with Crippen LogP contribution in [0.5, 0.6) is 11.5 Å². The molecule has 1 aromatic heterocycles. The molecular weight excluding hydrogens is 571 g/mol. The van der Waals surface area contributed by atoms with Crippen LogP contribution in [0.1, 0.15) is 38.3 Å². The van der Waals surface area contributed by atoms with Gasteiger partial charge in [0.1, 0.15) is 12.0 Å². The molecule has 11 heteroatoms. The number of hydrogen-bond acceptors (Lipinski definition) is 7. The third kappa shape index (κ3) is 6.93. The van der Waals surface area contributed by atoms with E-state index in [2.05, 4.69) is 32.0 Å². The Balaban J connectivity index is 1.38. The van der Waals surface area contributed by atoms with Crippen molar-refractivity contribution in [3.8, 4) is 23.3 Å². The Bertz CT molecular complexity index is 1760. The number of carbonyl (C=O) groups excluding carboxylic acids is 1. The second-order valence-electron chi connectivity index (χ2n) is 10.6. The number of aromatic nitrogens is 2. The number of carbonyl (C=O) groups is 1. The summed E-state index contributed by atoms with van der Waals surface area (Å²) in [5, 5.41) is 3.29. The molecule has 1 N–H and O–H groups in total. The molecule has 0 radical (unpaired) electrons. The zero-order valence-corrected chi connectivity index (χ0v) is 24.9. The van der Waals surface area contributed by atoms with Gasteiger partial charge in [-0.15, -0.1) is 0 Å². The highest BCUT2D eigenvalue weighted by Gasteiger charge is 2.34. The molecular formula is C33H32F3N5O3. The van der Waals surface area contributed by atoms with Gasteiger partial charge in [0, 0.05) is 61.0 Å². The largest absolute Gasteiger partial charge is 0.493 e. The van der Waals surface area contributed by atoms with Gasteiger partial charge in [0.25, 0.3) is 5.91 Å². The van der Waals surface area contributed by atoms with Gasteiger partial charge < -0.3 is 19.7 Å². The van der Waals surface area contributed by atoms with Crippen LogP contribution in [0.2, 0.25) is 0 Å². The van der Waals surface area contributed by atoms with Crippen LogP contribution in [0.25, 0.3) is 10.9 Å². The van der Waals surface area contributed by atoms with E-state index in [1.54, 1.807) is 30.3 Å². The maximum absolute atomic E-state index is 14.0. The number of nitrogens with one attached hydrogen (secondary N) is 1. The molecule has 0 unspecified atom stereocenters. The van der Waals surface area contributed by atoms with Crippen LogP contribution in [0.3, 0.4) is 0 Å². The molecule has 2 heterocycles. The fourth-order valence-corrected chi connectivity index (χ4v) is 5.01. The second-order valence-corrected chi connectivity index (χ2v) is 10.6. The third-order valence-electron chi connectivity index (χ3n) is 7.62. The summed E-state index contributed by atoms with van der Waals surface area (Å²) in [5.74, 6) is 6.62. The smallest absolute Gasteiger partial charge is 0.416 e. The number of ether oxygens (including phenoxy) is 2. The predicted octanol–water partition coefficient (Wildman–Crippen LogP) is 5.37. The lowest BCUT2D eigenvalue weighted by Gasteiger charge is -2.33. The molecule has 8 nitrogen and oxygen atoms in total. The number of nitrogens with zero attached hydrogens (tertiary/aromatic N) is 4. The number of aryl methyl sites for hydroxylation is 1. The van der Waals surface area contributed by atoms with Gasteiger partial charge in [0.05, 0.1) is 25.3 Å². The molecule has 1 amide bonds. The minimum atomic E-state index is -4.56. The van der Waals surface area contributed by atoms with Gasteiger partial charge in [-0.25, -0.2) is 9.97 Å². The van der Waals surface area contributed by atoms with Crippen LogP contribution in [-0.4, -0.2) is 73.1 Å². The molecule has 228 valence electrons. The van der Waals surface area contributed by atoms with Crippen molar-refractivity contribution >= 4 is 22.5 Å². The first-order valence-electron chi connectivity index (χ1n) is 14.0. The predicted molar refractivity (Wildman–Crippen MR) is 162 cm³/mol. The molecule has 0 saturated carbocycles. The summed E-state index contributed by atoms with van der Waals surface area (Å²) in [5.41, 5.74) is 2.23. The third-order valence-corrected chi connectivity index (χ3v) is 7.62. The molecule has 1 saturated heterocycles. The molecule has 4 aromatic rings. The summed E-state index contributed by atoms with van der Waals surface area (Å²) in [7, 11) is 5.07. The van der Waals surface area contributed by atoms with Crippen molar-refractivity contribution in [2.45, 2.75) is 19.6 Å². The number of halogens is 3. The average molecular weight is 604 g/mol. The van der Waals surface area contributed by atoms with Gasteiger partial charge in [-0.2, -0.15) is 13.2 Å². The van der Waals surface area contributed by atoms with E-state index in [0.29, 0.717) is 46.7 Å². The number of hydrogen-bond donors (Lipinski definition) is 1. The van der Waals surface area contributed by atoms with E-state index in [-0.39, 0.29) is 23.4 Å². The van der Waals surface area contributed by atoms with Gasteiger partial charge in [-0.3, -0.25) is 9.69 Å². The molecule has 1 aliphatic rings. The van der Waals surface area contributed by atoms with Gasteiger partial charge in [0.2, 0.25) is 0 Å². The fourth-order valence-electron chi connectivity index (χ4n) is 5.01. The minimum absolute atomic E-state index is 0.0643. The number of anilines is 1. The number of amides is 1. The lowest BCUT2D eigenvalue weighted by molar-refractivity contribution is -0.138. The van der Waals surface area contributed by atoms with Crippen molar-refractivity contribution in [1.29, 1.82) is 0 Å². The van der Waals surface area contributed by atoms with Crippen molar-refractivity contribution in [3.05, 3.63) is 88.4 Å². The first-order chi connectivity index (χ1) is 21.0. The zero-order valence-electron chi connectivity index (χ0n) is 24.9. The van der Waals surface area contributed by atoms with Gasteiger partial charge in [-0.05, 0) is 61.4 Å². The Hall–Kier alpha value is -4.66. The van der Waals surface area contributed by atoms with Crippen LogP contribution < -0.4 is 14.8 Å². The fraction of sp³-hybridized carbons (Fsp3) is 0.303. The number of piperazine rings is 1. The Morgan fingerprint density at radius 1 is 0.955 bits per heavy atom. The number of fused-ring (bicyclic) bond motifs is 1. The first-order valence-corrected chi connectivity index (χ1v) is 14.0. The SMILES string of the molecule is COc1cc2ncnc(C#Cc3cc(C(=O)Nc4ccc(CN5CCN(C)CC5)c(C(F)(F)F)c4)ccc3C)c2cc1OC. The number of likely N-dealkylation sites (N-methyl/N-ethyl adjacent to an activating group) is 1. The lowest BCUT2D eigenvalue weighted by Crippen LogP contribution is -2.44. The molecule has 1 fully saturated rings. The second kappa shape index (κ2) is 12.9. The Kier molecular flexibility index (Phi) is 9.04. The van der Waals surface area contributed by atoms with Crippen molar-refractivity contribution < 1.29 is 27.4 Å². The maximum Gasteiger partial charge on any atom is 0.416 e. The van der Waals surface area contributed by atoms with Crippen LogP contribution in [-0.2, 0) is 12.7 Å². The first kappa shape index (κ1) is 30.8. The standard InChI is InChI=1S/C33H32F3N5O3/c1-21-5-6-23(15-22(21)8-10-28-26-17-30(43-3)31(44-4)18-29(26)38-20-37-28)32(42)39-25-9-7-24(27(16-25)33(34,35)36)19-41-13-11-40(2)12-14-41/h5-7,9,15-18,20H,11-14,19H2,1-4H3,(H,39,42). The summed E-state index contributed by atoms with van der Waals surface area (Å²) in [6, 6.07) is 12.4. The van der Waals surface area contributed by atoms with E-state index < -0.39 is 17.6 Å². The molecule has 0 aliphatic carbocycles. The van der Waals surface area contributed by atoms with Crippen LogP contribution in [0.15, 0.2) is 54.9 Å². The van der Waals surface area contributed by atoms with E-state index >= 15 is 0 Å². The average Bonchev–Trinajstić information content (AvgIpc) is 3.01. The molecule has 44 heavy (non-hydrogen) atoms. The molecule has 3 aromatic carbocycles. The van der Waals surface area contributed by atoms with Crippen LogP contribution in [0, 0.1) is 18.8 Å². The monoisotopic (exact) mass is 603 g/mol. The van der Waals surface area contributed by atoms with Crippen LogP contribution in [0.4, 0.5) is 18.9 Å². The number of methoxy groups -OCH3 is 2. The van der Waals surface area contributed by atoms with Gasteiger partial charge in [0.15, 0.2) is 11.5 Å². The Labute approximate surface area is 253 Å². The summed E-state index contributed by atoms with van der Waals surface area (Å²) in [6.07, 6.45) is -3.16. The minimum Gasteiger partial charge on any atom is -0.493 e. The topological polar surface area (TPSA) is 79.8 Å². The number of rotatable bonds is 6. The molecule has 0 bridgehead atoms. The lowest BCUT2D eigenvalue weighted by atomic mass is 10.0. The summed E-state index contributed by atoms with van der Waals surface area (Å²) in [4.78, 5) is 25.9. The highest BCUT2D eigenvalue weighted by Crippen LogP contribution is 2.35. The molecule has 0 atom stereocenters. The van der Waals surface area contributed by atoms with E-state index in [1.807, 2.05) is 18.9 Å². The van der Waals surface area contributed by atoms with Crippen LogP contribution >= 0.6 is 0 Å². The van der Waals surface area contributed by atoms with E-state index in [4.69, 9.17) is 9.47 Å². The van der Waals surface area contributed by atoms with Crippen molar-refractivity contribution in [2.75, 3.05) is 52.8 Å².